The number of nitrogens with two attached hydrogens (primary N) is 1. The average Bonchev–Trinajstić information content (AvgIpc) is 2.26. The number of amidine groups is 1. The summed E-state index contributed by atoms with van der Waals surface area (Å²) < 4.78 is 0. The van der Waals surface area contributed by atoms with E-state index >= 15 is 0 Å². The molecular formula is C13H21N3OS. The Labute approximate surface area is 113 Å². The number of oxime groups is 1. The van der Waals surface area contributed by atoms with E-state index in [4.69, 9.17) is 10.9 Å². The van der Waals surface area contributed by atoms with Gasteiger partial charge in [0.25, 0.3) is 0 Å². The number of hydrogen-bond donors (Lipinski definition) is 2. The van der Waals surface area contributed by atoms with Crippen LogP contribution in [0.4, 0.5) is 0 Å². The van der Waals surface area contributed by atoms with Crippen molar-refractivity contribution in [1.29, 1.82) is 0 Å². The van der Waals surface area contributed by atoms with Crippen molar-refractivity contribution in [3.8, 4) is 0 Å². The second-order valence-corrected chi connectivity index (χ2v) is 6.21. The number of hydrogen-bond acceptors (Lipinski definition) is 4. The minimum absolute atomic E-state index is 0.275. The van der Waals surface area contributed by atoms with Crippen LogP contribution in [-0.4, -0.2) is 21.8 Å². The number of pyridine rings is 1. The van der Waals surface area contributed by atoms with Crippen LogP contribution in [0.5, 0.6) is 0 Å². The van der Waals surface area contributed by atoms with Gasteiger partial charge in [-0.3, -0.25) is 0 Å². The van der Waals surface area contributed by atoms with Gasteiger partial charge in [-0.15, -0.1) is 11.8 Å². The largest absolute Gasteiger partial charge is 0.409 e. The maximum Gasteiger partial charge on any atom is 0.144 e. The second kappa shape index (κ2) is 6.09. The lowest BCUT2D eigenvalue weighted by Gasteiger charge is -2.22. The minimum atomic E-state index is -0.291. The third-order valence-electron chi connectivity index (χ3n) is 2.85. The number of rotatable bonds is 5. The number of nitrogens with zero attached hydrogens (tertiary/aromatic N) is 2. The Bertz CT molecular complexity index is 424. The van der Waals surface area contributed by atoms with E-state index in [1.54, 1.807) is 11.8 Å². The summed E-state index contributed by atoms with van der Waals surface area (Å²) >= 11 is 1.70. The summed E-state index contributed by atoms with van der Waals surface area (Å²) in [5.74, 6) is 1.16. The number of aryl methyl sites for hydroxylation is 2. The van der Waals surface area contributed by atoms with Crippen LogP contribution in [0, 0.1) is 19.3 Å². The van der Waals surface area contributed by atoms with Crippen molar-refractivity contribution < 1.29 is 5.21 Å². The molecule has 18 heavy (non-hydrogen) atoms. The molecule has 0 bridgehead atoms. The first-order valence-electron chi connectivity index (χ1n) is 5.91. The summed E-state index contributed by atoms with van der Waals surface area (Å²) in [6, 6.07) is 4.14. The molecule has 0 atom stereocenters. The zero-order valence-corrected chi connectivity index (χ0v) is 12.2. The van der Waals surface area contributed by atoms with Gasteiger partial charge in [0.2, 0.25) is 0 Å². The molecule has 0 aliphatic rings. The van der Waals surface area contributed by atoms with Gasteiger partial charge in [-0.1, -0.05) is 19.0 Å². The van der Waals surface area contributed by atoms with E-state index in [1.807, 2.05) is 20.8 Å². The molecule has 0 saturated carbocycles. The van der Waals surface area contributed by atoms with E-state index in [0.717, 1.165) is 22.9 Å². The Morgan fingerprint density at radius 2 is 2.11 bits per heavy atom. The summed E-state index contributed by atoms with van der Waals surface area (Å²) in [6.07, 6.45) is 0.836. The smallest absolute Gasteiger partial charge is 0.144 e. The molecule has 1 aromatic heterocycles. The van der Waals surface area contributed by atoms with Gasteiger partial charge in [0.15, 0.2) is 0 Å². The molecule has 0 aromatic carbocycles. The topological polar surface area (TPSA) is 71.5 Å². The van der Waals surface area contributed by atoms with Crippen LogP contribution in [0.15, 0.2) is 22.3 Å². The fourth-order valence-electron chi connectivity index (χ4n) is 1.55. The zero-order chi connectivity index (χ0) is 13.8. The standard InChI is InChI=1S/C13H21N3OS/c1-9-7-10(2)15-11(8-9)18-6-5-13(3,4)12(14)16-17/h7-8,17H,5-6H2,1-4H3,(H2,14,16). The number of thioether (sulfide) groups is 1. The second-order valence-electron chi connectivity index (χ2n) is 5.09. The molecule has 3 N–H and O–H groups in total. The van der Waals surface area contributed by atoms with E-state index in [2.05, 4.69) is 29.2 Å². The highest BCUT2D eigenvalue weighted by molar-refractivity contribution is 7.99. The molecule has 0 spiro atoms. The Kier molecular flexibility index (Phi) is 5.02. The molecule has 0 unspecified atom stereocenters. The molecule has 0 radical (unpaired) electrons. The van der Waals surface area contributed by atoms with E-state index in [0.29, 0.717) is 0 Å². The molecule has 1 heterocycles. The third kappa shape index (κ3) is 4.22. The van der Waals surface area contributed by atoms with Gasteiger partial charge < -0.3 is 10.9 Å². The molecule has 0 amide bonds. The zero-order valence-electron chi connectivity index (χ0n) is 11.4. The van der Waals surface area contributed by atoms with E-state index in [1.165, 1.54) is 5.56 Å². The van der Waals surface area contributed by atoms with Crippen LogP contribution in [0.1, 0.15) is 31.5 Å². The van der Waals surface area contributed by atoms with Gasteiger partial charge >= 0.3 is 0 Å². The van der Waals surface area contributed by atoms with E-state index in [-0.39, 0.29) is 11.3 Å². The van der Waals surface area contributed by atoms with Crippen molar-refractivity contribution >= 4 is 17.6 Å². The SMILES string of the molecule is Cc1cc(C)nc(SCCC(C)(C)/C(N)=N/O)c1. The molecule has 0 aliphatic heterocycles. The minimum Gasteiger partial charge on any atom is -0.409 e. The van der Waals surface area contributed by atoms with Crippen molar-refractivity contribution in [2.45, 2.75) is 39.1 Å². The molecular weight excluding hydrogens is 246 g/mol. The maximum atomic E-state index is 8.70. The van der Waals surface area contributed by atoms with Crippen LogP contribution in [0.25, 0.3) is 0 Å². The molecule has 5 heteroatoms. The highest BCUT2D eigenvalue weighted by atomic mass is 32.2. The molecule has 100 valence electrons. The average molecular weight is 267 g/mol. The summed E-state index contributed by atoms with van der Waals surface area (Å²) in [5, 5.41) is 12.8. The quantitative estimate of drug-likeness (QED) is 0.283. The Morgan fingerprint density at radius 3 is 2.67 bits per heavy atom. The van der Waals surface area contributed by atoms with Crippen molar-refractivity contribution in [2.24, 2.45) is 16.3 Å². The summed E-state index contributed by atoms with van der Waals surface area (Å²) in [4.78, 5) is 4.47. The molecule has 0 fully saturated rings. The van der Waals surface area contributed by atoms with Crippen LogP contribution >= 0.6 is 11.8 Å². The first kappa shape index (κ1) is 14.8. The molecule has 0 aliphatic carbocycles. The van der Waals surface area contributed by atoms with Gasteiger partial charge in [0, 0.05) is 16.9 Å². The summed E-state index contributed by atoms with van der Waals surface area (Å²) in [7, 11) is 0. The van der Waals surface area contributed by atoms with Gasteiger partial charge in [-0.2, -0.15) is 0 Å². The molecule has 4 nitrogen and oxygen atoms in total. The van der Waals surface area contributed by atoms with Crippen molar-refractivity contribution in [1.82, 2.24) is 4.98 Å². The lowest BCUT2D eigenvalue weighted by molar-refractivity contribution is 0.307. The maximum absolute atomic E-state index is 8.70. The Balaban J connectivity index is 2.56. The summed E-state index contributed by atoms with van der Waals surface area (Å²) in [5.41, 5.74) is 7.62. The van der Waals surface area contributed by atoms with Crippen LogP contribution in [0.3, 0.4) is 0 Å². The predicted octanol–water partition coefficient (Wildman–Crippen LogP) is 2.95. The highest BCUT2D eigenvalue weighted by Gasteiger charge is 2.23. The van der Waals surface area contributed by atoms with Gasteiger partial charge in [-0.25, -0.2) is 4.98 Å². The lowest BCUT2D eigenvalue weighted by atomic mass is 9.89. The van der Waals surface area contributed by atoms with Crippen molar-refractivity contribution in [3.05, 3.63) is 23.4 Å². The molecule has 1 rings (SSSR count). The monoisotopic (exact) mass is 267 g/mol. The van der Waals surface area contributed by atoms with Gasteiger partial charge in [0.05, 0.1) is 5.03 Å². The Hall–Kier alpha value is -1.23. The third-order valence-corrected chi connectivity index (χ3v) is 3.77. The summed E-state index contributed by atoms with van der Waals surface area (Å²) in [6.45, 7) is 8.01. The fraction of sp³-hybridized carbons (Fsp3) is 0.538. The van der Waals surface area contributed by atoms with Crippen molar-refractivity contribution in [2.75, 3.05) is 5.75 Å². The first-order chi connectivity index (χ1) is 8.35. The Morgan fingerprint density at radius 1 is 1.44 bits per heavy atom. The van der Waals surface area contributed by atoms with E-state index < -0.39 is 0 Å². The van der Waals surface area contributed by atoms with Gasteiger partial charge in [0.1, 0.15) is 5.84 Å². The lowest BCUT2D eigenvalue weighted by Crippen LogP contribution is -2.32. The fourth-order valence-corrected chi connectivity index (χ4v) is 2.85. The normalized spacial score (nSPS) is 12.8. The van der Waals surface area contributed by atoms with Crippen LogP contribution in [-0.2, 0) is 0 Å². The van der Waals surface area contributed by atoms with E-state index in [9.17, 15) is 0 Å². The molecule has 1 aromatic rings. The first-order valence-corrected chi connectivity index (χ1v) is 6.90. The molecule has 0 saturated heterocycles. The van der Waals surface area contributed by atoms with Gasteiger partial charge in [-0.05, 0) is 38.0 Å². The number of aromatic nitrogens is 1. The van der Waals surface area contributed by atoms with Crippen molar-refractivity contribution in [3.63, 3.8) is 0 Å². The highest BCUT2D eigenvalue weighted by Crippen LogP contribution is 2.26. The van der Waals surface area contributed by atoms with Crippen LogP contribution < -0.4 is 5.73 Å². The van der Waals surface area contributed by atoms with Crippen LogP contribution in [0.2, 0.25) is 0 Å². The predicted molar refractivity (Wildman–Crippen MR) is 76.2 cm³/mol.